The molecule has 3 nitrogen and oxygen atoms in total. The lowest BCUT2D eigenvalue weighted by Crippen LogP contribution is -2.17. The van der Waals surface area contributed by atoms with E-state index in [9.17, 15) is 0 Å². The van der Waals surface area contributed by atoms with Gasteiger partial charge in [-0.05, 0) is 55.8 Å². The van der Waals surface area contributed by atoms with Crippen LogP contribution in [0.25, 0.3) is 0 Å². The fourth-order valence-corrected chi connectivity index (χ4v) is 2.81. The highest BCUT2D eigenvalue weighted by atomic mass is 35.5. The zero-order valence-electron chi connectivity index (χ0n) is 10.9. The summed E-state index contributed by atoms with van der Waals surface area (Å²) < 4.78 is 0. The topological polar surface area (TPSA) is 51.8 Å². The molecule has 5 heteroatoms. The summed E-state index contributed by atoms with van der Waals surface area (Å²) in [6, 6.07) is 8.01. The fraction of sp³-hybridized carbons (Fsp3) is 0.286. The van der Waals surface area contributed by atoms with E-state index < -0.39 is 0 Å². The molecule has 19 heavy (non-hydrogen) atoms. The van der Waals surface area contributed by atoms with E-state index in [1.165, 1.54) is 11.8 Å². The van der Waals surface area contributed by atoms with Crippen molar-refractivity contribution in [3.05, 3.63) is 46.7 Å². The van der Waals surface area contributed by atoms with Crippen LogP contribution in [0.1, 0.15) is 18.2 Å². The normalized spacial score (nSPS) is 12.4. The van der Waals surface area contributed by atoms with Gasteiger partial charge in [0.05, 0.1) is 5.02 Å². The third kappa shape index (κ3) is 4.20. The Morgan fingerprint density at radius 1 is 1.37 bits per heavy atom. The van der Waals surface area contributed by atoms with Gasteiger partial charge in [0, 0.05) is 22.8 Å². The van der Waals surface area contributed by atoms with Crippen LogP contribution in [0.4, 0.5) is 0 Å². The van der Waals surface area contributed by atoms with Gasteiger partial charge in [0.15, 0.2) is 5.16 Å². The number of hydrogen-bond donors (Lipinski definition) is 1. The van der Waals surface area contributed by atoms with Crippen molar-refractivity contribution in [3.8, 4) is 0 Å². The number of hydrogen-bond acceptors (Lipinski definition) is 4. The third-order valence-electron chi connectivity index (χ3n) is 2.53. The Balaban J connectivity index is 2.17. The second-order valence-corrected chi connectivity index (χ2v) is 5.95. The Bertz CT molecular complexity index is 572. The van der Waals surface area contributed by atoms with Gasteiger partial charge in [-0.25, -0.2) is 9.97 Å². The molecule has 0 saturated carbocycles. The molecule has 1 heterocycles. The predicted octanol–water partition coefficient (Wildman–Crippen LogP) is 3.48. The molecule has 0 fully saturated rings. The molecule has 2 N–H and O–H groups in total. The number of aryl methyl sites for hydroxylation is 1. The fourth-order valence-electron chi connectivity index (χ4n) is 1.70. The molecule has 100 valence electrons. The van der Waals surface area contributed by atoms with Crippen LogP contribution in [0, 0.1) is 6.92 Å². The smallest absolute Gasteiger partial charge is 0.192 e. The Morgan fingerprint density at radius 3 is 2.79 bits per heavy atom. The van der Waals surface area contributed by atoms with Crippen LogP contribution in [0.5, 0.6) is 0 Å². The van der Waals surface area contributed by atoms with Crippen molar-refractivity contribution in [2.24, 2.45) is 5.73 Å². The molecule has 1 atom stereocenters. The maximum absolute atomic E-state index is 6.29. The van der Waals surface area contributed by atoms with Crippen LogP contribution in [-0.2, 0) is 6.42 Å². The first-order valence-corrected chi connectivity index (χ1v) is 7.25. The van der Waals surface area contributed by atoms with Gasteiger partial charge in [0.25, 0.3) is 0 Å². The van der Waals surface area contributed by atoms with Crippen LogP contribution >= 0.6 is 23.4 Å². The number of rotatable bonds is 4. The average molecular weight is 294 g/mol. The van der Waals surface area contributed by atoms with E-state index in [2.05, 4.69) is 9.97 Å². The van der Waals surface area contributed by atoms with Gasteiger partial charge in [-0.3, -0.25) is 0 Å². The van der Waals surface area contributed by atoms with E-state index in [4.69, 9.17) is 17.3 Å². The summed E-state index contributed by atoms with van der Waals surface area (Å²) in [7, 11) is 0. The van der Waals surface area contributed by atoms with Gasteiger partial charge in [0.2, 0.25) is 0 Å². The van der Waals surface area contributed by atoms with Crippen molar-refractivity contribution in [1.29, 1.82) is 0 Å². The molecule has 0 aliphatic heterocycles. The monoisotopic (exact) mass is 293 g/mol. The molecular formula is C14H16ClN3S. The summed E-state index contributed by atoms with van der Waals surface area (Å²) in [4.78, 5) is 9.53. The van der Waals surface area contributed by atoms with Gasteiger partial charge < -0.3 is 5.73 Å². The van der Waals surface area contributed by atoms with Crippen molar-refractivity contribution in [2.75, 3.05) is 0 Å². The maximum Gasteiger partial charge on any atom is 0.192 e. The maximum atomic E-state index is 6.29. The van der Waals surface area contributed by atoms with Gasteiger partial charge in [-0.2, -0.15) is 0 Å². The van der Waals surface area contributed by atoms with Crippen molar-refractivity contribution in [1.82, 2.24) is 9.97 Å². The average Bonchev–Trinajstić information content (AvgIpc) is 2.32. The molecule has 1 aromatic carbocycles. The highest BCUT2D eigenvalue weighted by Crippen LogP contribution is 2.32. The Labute approximate surface area is 122 Å². The van der Waals surface area contributed by atoms with E-state index in [0.717, 1.165) is 22.6 Å². The van der Waals surface area contributed by atoms with Crippen LogP contribution in [0.15, 0.2) is 40.5 Å². The van der Waals surface area contributed by atoms with Gasteiger partial charge in [-0.1, -0.05) is 17.7 Å². The molecule has 2 rings (SSSR count). The molecule has 0 aliphatic carbocycles. The highest BCUT2D eigenvalue weighted by molar-refractivity contribution is 7.99. The lowest BCUT2D eigenvalue weighted by atomic mass is 10.1. The van der Waals surface area contributed by atoms with Gasteiger partial charge in [-0.15, -0.1) is 0 Å². The molecule has 2 aromatic rings. The molecular weight excluding hydrogens is 278 g/mol. The zero-order valence-corrected chi connectivity index (χ0v) is 12.5. The quantitative estimate of drug-likeness (QED) is 0.877. The molecule has 0 spiro atoms. The van der Waals surface area contributed by atoms with Crippen molar-refractivity contribution < 1.29 is 0 Å². The molecule has 0 saturated heterocycles. The number of aromatic nitrogens is 2. The van der Waals surface area contributed by atoms with Crippen molar-refractivity contribution in [3.63, 3.8) is 0 Å². The summed E-state index contributed by atoms with van der Waals surface area (Å²) in [5, 5.41) is 1.43. The standard InChI is InChI=1S/C14H16ClN3S/c1-9(16)7-11-3-4-13(12(15)8-11)19-14-17-6-5-10(2)18-14/h3-6,8-9H,7,16H2,1-2H3. The van der Waals surface area contributed by atoms with Crippen molar-refractivity contribution in [2.45, 2.75) is 36.4 Å². The minimum atomic E-state index is 0.134. The largest absolute Gasteiger partial charge is 0.328 e. The van der Waals surface area contributed by atoms with E-state index in [0.29, 0.717) is 10.2 Å². The van der Waals surface area contributed by atoms with E-state index in [-0.39, 0.29) is 6.04 Å². The summed E-state index contributed by atoms with van der Waals surface area (Å²) >= 11 is 7.76. The lowest BCUT2D eigenvalue weighted by molar-refractivity contribution is 0.737. The van der Waals surface area contributed by atoms with Crippen LogP contribution in [0.2, 0.25) is 5.02 Å². The molecule has 1 aromatic heterocycles. The van der Waals surface area contributed by atoms with Gasteiger partial charge in [0.1, 0.15) is 0 Å². The molecule has 0 radical (unpaired) electrons. The van der Waals surface area contributed by atoms with E-state index >= 15 is 0 Å². The molecule has 0 amide bonds. The van der Waals surface area contributed by atoms with Crippen molar-refractivity contribution >= 4 is 23.4 Å². The van der Waals surface area contributed by atoms with Gasteiger partial charge >= 0.3 is 0 Å². The minimum absolute atomic E-state index is 0.134. The Morgan fingerprint density at radius 2 is 2.16 bits per heavy atom. The van der Waals surface area contributed by atoms with Crippen LogP contribution < -0.4 is 5.73 Å². The minimum Gasteiger partial charge on any atom is -0.328 e. The number of halogens is 1. The van der Waals surface area contributed by atoms with E-state index in [1.807, 2.05) is 38.1 Å². The van der Waals surface area contributed by atoms with Crippen LogP contribution in [0.3, 0.4) is 0 Å². The van der Waals surface area contributed by atoms with Crippen LogP contribution in [-0.4, -0.2) is 16.0 Å². The number of benzene rings is 1. The summed E-state index contributed by atoms with van der Waals surface area (Å²) in [6.07, 6.45) is 2.58. The third-order valence-corrected chi connectivity index (χ3v) is 3.91. The predicted molar refractivity (Wildman–Crippen MR) is 79.7 cm³/mol. The number of nitrogens with zero attached hydrogens (tertiary/aromatic N) is 2. The Kier molecular flexibility index (Phi) is 4.80. The SMILES string of the molecule is Cc1ccnc(Sc2ccc(CC(C)N)cc2Cl)n1. The number of nitrogens with two attached hydrogens (primary N) is 1. The summed E-state index contributed by atoms with van der Waals surface area (Å²) in [6.45, 7) is 3.93. The summed E-state index contributed by atoms with van der Waals surface area (Å²) in [5.41, 5.74) is 7.88. The zero-order chi connectivity index (χ0) is 13.8. The second-order valence-electron chi connectivity index (χ2n) is 4.53. The van der Waals surface area contributed by atoms with E-state index in [1.54, 1.807) is 6.20 Å². The first kappa shape index (κ1) is 14.3. The second kappa shape index (κ2) is 6.37. The molecule has 1 unspecified atom stereocenters. The highest BCUT2D eigenvalue weighted by Gasteiger charge is 2.07. The lowest BCUT2D eigenvalue weighted by Gasteiger charge is -2.08. The summed E-state index contributed by atoms with van der Waals surface area (Å²) in [5.74, 6) is 0. The Hall–Kier alpha value is -1.10. The molecule has 0 aliphatic rings. The first-order valence-electron chi connectivity index (χ1n) is 6.06. The first-order chi connectivity index (χ1) is 9.04. The molecule has 0 bridgehead atoms.